The van der Waals surface area contributed by atoms with Gasteiger partial charge in [0, 0.05) is 25.7 Å². The Morgan fingerprint density at radius 1 is 0.243 bits per heavy atom. The van der Waals surface area contributed by atoms with Gasteiger partial charge in [-0.2, -0.15) is 0 Å². The third kappa shape index (κ3) is 78.0. The first-order chi connectivity index (χ1) is 49.6. The van der Waals surface area contributed by atoms with Crippen molar-refractivity contribution in [1.82, 2.24) is 0 Å². The predicted octanol–water partition coefficient (Wildman–Crippen LogP) is 25.2. The molecule has 3 unspecified atom stereocenters. The molecular weight excluding hydrogens is 1340 g/mol. The smallest absolute Gasteiger partial charge is 0.462 e. The quantitative estimate of drug-likeness (QED) is 0.0222. The molecular formula is C84H164O17P2. The van der Waals surface area contributed by atoms with Crippen molar-refractivity contribution in [2.24, 2.45) is 23.7 Å². The maximum absolute atomic E-state index is 13.1. The first kappa shape index (κ1) is 101. The van der Waals surface area contributed by atoms with Gasteiger partial charge in [-0.1, -0.05) is 383 Å². The largest absolute Gasteiger partial charge is 0.472 e. The molecule has 0 aromatic rings. The van der Waals surface area contributed by atoms with Gasteiger partial charge in [-0.05, 0) is 49.4 Å². The van der Waals surface area contributed by atoms with Gasteiger partial charge in [0.15, 0.2) is 12.2 Å². The van der Waals surface area contributed by atoms with E-state index < -0.39 is 97.5 Å². The summed E-state index contributed by atoms with van der Waals surface area (Å²) in [6.07, 6.45) is 61.2. The van der Waals surface area contributed by atoms with E-state index in [1.807, 2.05) is 0 Å². The van der Waals surface area contributed by atoms with Crippen molar-refractivity contribution in [2.45, 2.75) is 453 Å². The van der Waals surface area contributed by atoms with E-state index >= 15 is 0 Å². The molecule has 19 heteroatoms. The van der Waals surface area contributed by atoms with Crippen molar-refractivity contribution in [1.29, 1.82) is 0 Å². The summed E-state index contributed by atoms with van der Waals surface area (Å²) in [7, 11) is -9.93. The lowest BCUT2D eigenvalue weighted by Gasteiger charge is -2.21. The Kier molecular flexibility index (Phi) is 71.5. The second kappa shape index (κ2) is 72.9. The lowest BCUT2D eigenvalue weighted by molar-refractivity contribution is -0.161. The summed E-state index contributed by atoms with van der Waals surface area (Å²) < 4.78 is 68.8. The van der Waals surface area contributed by atoms with Gasteiger partial charge in [-0.3, -0.25) is 37.3 Å². The number of aliphatic hydroxyl groups excluding tert-OH is 1. The van der Waals surface area contributed by atoms with E-state index in [2.05, 4.69) is 55.4 Å². The highest BCUT2D eigenvalue weighted by Gasteiger charge is 2.30. The number of phosphoric ester groups is 2. The van der Waals surface area contributed by atoms with Gasteiger partial charge in [-0.15, -0.1) is 0 Å². The zero-order chi connectivity index (χ0) is 76.0. The Hall–Kier alpha value is -1.94. The van der Waals surface area contributed by atoms with Crippen molar-refractivity contribution >= 4 is 39.5 Å². The van der Waals surface area contributed by atoms with Crippen molar-refractivity contribution in [3.8, 4) is 0 Å². The average molecular weight is 1510 g/mol. The molecule has 0 aromatic heterocycles. The maximum atomic E-state index is 13.1. The van der Waals surface area contributed by atoms with E-state index in [1.165, 1.54) is 231 Å². The number of hydrogen-bond acceptors (Lipinski definition) is 15. The van der Waals surface area contributed by atoms with E-state index in [-0.39, 0.29) is 25.7 Å². The van der Waals surface area contributed by atoms with Gasteiger partial charge in [-0.25, -0.2) is 9.13 Å². The number of aliphatic hydroxyl groups is 1. The number of carbonyl (C=O) groups is 4. The second-order valence-corrected chi connectivity index (χ2v) is 35.0. The molecule has 0 fully saturated rings. The molecule has 103 heavy (non-hydrogen) atoms. The molecule has 0 rings (SSSR count). The summed E-state index contributed by atoms with van der Waals surface area (Å²) in [6, 6.07) is 0. The third-order valence-electron chi connectivity index (χ3n) is 19.6. The van der Waals surface area contributed by atoms with Gasteiger partial charge >= 0.3 is 39.5 Å². The maximum Gasteiger partial charge on any atom is 0.472 e. The lowest BCUT2D eigenvalue weighted by Crippen LogP contribution is -2.30. The van der Waals surface area contributed by atoms with Crippen LogP contribution in [0, 0.1) is 23.7 Å². The minimum atomic E-state index is -4.96. The van der Waals surface area contributed by atoms with Crippen LogP contribution in [-0.2, 0) is 65.4 Å². The molecule has 612 valence electrons. The number of ether oxygens (including phenoxy) is 4. The van der Waals surface area contributed by atoms with E-state index in [4.69, 9.17) is 37.0 Å². The second-order valence-electron chi connectivity index (χ2n) is 32.1. The van der Waals surface area contributed by atoms with Gasteiger partial charge in [0.05, 0.1) is 26.4 Å². The molecule has 0 bridgehead atoms. The van der Waals surface area contributed by atoms with E-state index in [9.17, 15) is 43.2 Å². The summed E-state index contributed by atoms with van der Waals surface area (Å²) in [5.74, 6) is 0.978. The molecule has 17 nitrogen and oxygen atoms in total. The number of carbonyl (C=O) groups excluding carboxylic acids is 4. The van der Waals surface area contributed by atoms with Crippen LogP contribution in [0.15, 0.2) is 0 Å². The molecule has 0 amide bonds. The molecule has 0 aliphatic rings. The summed E-state index contributed by atoms with van der Waals surface area (Å²) in [5, 5.41) is 10.7. The Morgan fingerprint density at radius 2 is 0.408 bits per heavy atom. The molecule has 0 saturated heterocycles. The number of hydrogen-bond donors (Lipinski definition) is 3. The highest BCUT2D eigenvalue weighted by molar-refractivity contribution is 7.47. The Morgan fingerprint density at radius 3 is 0.602 bits per heavy atom. The first-order valence-corrected chi connectivity index (χ1v) is 46.2. The molecule has 0 aromatic carbocycles. The first-order valence-electron chi connectivity index (χ1n) is 43.2. The zero-order valence-electron chi connectivity index (χ0n) is 68.0. The lowest BCUT2D eigenvalue weighted by atomic mass is 10.0. The van der Waals surface area contributed by atoms with Gasteiger partial charge in [0.1, 0.15) is 19.3 Å². The van der Waals surface area contributed by atoms with Crippen LogP contribution in [0.3, 0.4) is 0 Å². The highest BCUT2D eigenvalue weighted by atomic mass is 31.2. The number of esters is 4. The monoisotopic (exact) mass is 1510 g/mol. The van der Waals surface area contributed by atoms with Crippen molar-refractivity contribution in [3.63, 3.8) is 0 Å². The average Bonchev–Trinajstić information content (AvgIpc) is 0.949. The minimum Gasteiger partial charge on any atom is -0.462 e. The normalized spacial score (nSPS) is 14.0. The standard InChI is InChI=1S/C84H164O17P2/c1-74(2)60-52-44-36-30-24-18-12-9-10-14-21-27-33-39-48-56-64-81(86)94-70-79(100-83(88)66-59-51-41-35-29-23-17-16-20-26-32-38-46-54-62-76(5)6)72-98-102(90,91)96-68-78(85)69-97-103(92,93)99-73-80(71-95-82(87)65-57-49-43-42-47-55-63-77(7)8)101-84(89)67-58-50-40-34-28-22-15-11-13-19-25-31-37-45-53-61-75(3)4/h74-80,85H,9-73H2,1-8H3,(H,90,91)(H,92,93)/t78?,79-,80-/m1/s1. The molecule has 0 radical (unpaired) electrons. The number of phosphoric acid groups is 2. The summed E-state index contributed by atoms with van der Waals surface area (Å²) >= 11 is 0. The van der Waals surface area contributed by atoms with Gasteiger partial charge < -0.3 is 33.8 Å². The van der Waals surface area contributed by atoms with E-state index in [0.29, 0.717) is 31.6 Å². The summed E-state index contributed by atoms with van der Waals surface area (Å²) in [5.41, 5.74) is 0. The van der Waals surface area contributed by atoms with Crippen LogP contribution in [-0.4, -0.2) is 96.7 Å². The molecule has 0 aliphatic heterocycles. The van der Waals surface area contributed by atoms with Gasteiger partial charge in [0.2, 0.25) is 0 Å². The highest BCUT2D eigenvalue weighted by Crippen LogP contribution is 2.45. The van der Waals surface area contributed by atoms with Crippen molar-refractivity contribution in [2.75, 3.05) is 39.6 Å². The fraction of sp³-hybridized carbons (Fsp3) is 0.952. The van der Waals surface area contributed by atoms with Crippen LogP contribution >= 0.6 is 15.6 Å². The topological polar surface area (TPSA) is 237 Å². The van der Waals surface area contributed by atoms with Gasteiger partial charge in [0.25, 0.3) is 0 Å². The Bertz CT molecular complexity index is 2010. The molecule has 3 N–H and O–H groups in total. The van der Waals surface area contributed by atoms with E-state index in [1.54, 1.807) is 0 Å². The Balaban J connectivity index is 5.22. The number of rotatable bonds is 81. The summed E-state index contributed by atoms with van der Waals surface area (Å²) in [6.45, 7) is 14.3. The van der Waals surface area contributed by atoms with Crippen molar-refractivity contribution in [3.05, 3.63) is 0 Å². The van der Waals surface area contributed by atoms with Crippen LogP contribution in [0.2, 0.25) is 0 Å². The van der Waals surface area contributed by atoms with E-state index in [0.717, 1.165) is 114 Å². The van der Waals surface area contributed by atoms with Crippen LogP contribution in [0.5, 0.6) is 0 Å². The molecule has 0 aliphatic carbocycles. The SMILES string of the molecule is CC(C)CCCCCCCCCCCCCCCCCCC(=O)OC[C@H](COP(=O)(O)OCC(O)COP(=O)(O)OC[C@@H](COC(=O)CCCCCCCCC(C)C)OC(=O)CCCCCCCCCCCCCCCCCC(C)C)OC(=O)CCCCCCCCCCCCCCCCC(C)C. The summed E-state index contributed by atoms with van der Waals surface area (Å²) in [4.78, 5) is 73.1. The molecule has 0 heterocycles. The molecule has 0 saturated carbocycles. The molecule has 0 spiro atoms. The zero-order valence-corrected chi connectivity index (χ0v) is 69.7. The van der Waals surface area contributed by atoms with Crippen LogP contribution in [0.25, 0.3) is 0 Å². The third-order valence-corrected chi connectivity index (χ3v) is 21.5. The van der Waals surface area contributed by atoms with Crippen LogP contribution in [0.1, 0.15) is 434 Å². The molecule has 5 atom stereocenters. The van der Waals surface area contributed by atoms with Crippen molar-refractivity contribution < 1.29 is 80.2 Å². The van der Waals surface area contributed by atoms with Crippen LogP contribution in [0.4, 0.5) is 0 Å². The Labute approximate surface area is 632 Å². The minimum absolute atomic E-state index is 0.106. The fourth-order valence-corrected chi connectivity index (χ4v) is 14.5. The number of unbranched alkanes of at least 4 members (excludes halogenated alkanes) is 47. The predicted molar refractivity (Wildman–Crippen MR) is 423 cm³/mol. The van der Waals surface area contributed by atoms with Crippen LogP contribution < -0.4 is 0 Å². The fourth-order valence-electron chi connectivity index (χ4n) is 13.0.